The summed E-state index contributed by atoms with van der Waals surface area (Å²) in [6, 6.07) is 13.4. The summed E-state index contributed by atoms with van der Waals surface area (Å²) in [6.45, 7) is 1.15. The van der Waals surface area contributed by atoms with Crippen LogP contribution in [0.15, 0.2) is 48.5 Å². The van der Waals surface area contributed by atoms with Crippen LogP contribution in [0.4, 0.5) is 4.39 Å². The molecule has 0 aliphatic rings. The summed E-state index contributed by atoms with van der Waals surface area (Å²) in [5.74, 6) is -1.16. The molecule has 0 unspecified atom stereocenters. The summed E-state index contributed by atoms with van der Waals surface area (Å²) in [4.78, 5) is 11.0. The Balaban J connectivity index is 1.86. The second-order valence-electron chi connectivity index (χ2n) is 4.52. The summed E-state index contributed by atoms with van der Waals surface area (Å²) in [5.41, 5.74) is 1.98. The first kappa shape index (κ1) is 14.2. The molecular formula is C16H16FNO2. The van der Waals surface area contributed by atoms with E-state index < -0.39 is 5.97 Å². The number of aromatic carboxylic acids is 1. The molecule has 0 radical (unpaired) electrons. The molecule has 2 aromatic carbocycles. The summed E-state index contributed by atoms with van der Waals surface area (Å²) in [7, 11) is 0. The highest BCUT2D eigenvalue weighted by molar-refractivity contribution is 5.89. The normalized spacial score (nSPS) is 10.4. The molecule has 3 nitrogen and oxygen atoms in total. The zero-order chi connectivity index (χ0) is 14.4. The molecular weight excluding hydrogens is 257 g/mol. The lowest BCUT2D eigenvalue weighted by Gasteiger charge is -2.08. The van der Waals surface area contributed by atoms with Crippen molar-refractivity contribution in [2.45, 2.75) is 13.0 Å². The van der Waals surface area contributed by atoms with Crippen LogP contribution in [0.3, 0.4) is 0 Å². The van der Waals surface area contributed by atoms with Crippen molar-refractivity contribution in [2.75, 3.05) is 6.54 Å². The Morgan fingerprint density at radius 3 is 2.70 bits per heavy atom. The van der Waals surface area contributed by atoms with Crippen LogP contribution >= 0.6 is 0 Å². The number of halogens is 1. The summed E-state index contributed by atoms with van der Waals surface area (Å²) >= 11 is 0. The maximum Gasteiger partial charge on any atom is 0.336 e. The van der Waals surface area contributed by atoms with E-state index in [9.17, 15) is 9.18 Å². The molecule has 20 heavy (non-hydrogen) atoms. The van der Waals surface area contributed by atoms with Crippen molar-refractivity contribution in [3.63, 3.8) is 0 Å². The Morgan fingerprint density at radius 2 is 1.95 bits per heavy atom. The van der Waals surface area contributed by atoms with Crippen molar-refractivity contribution in [3.8, 4) is 0 Å². The van der Waals surface area contributed by atoms with Gasteiger partial charge in [-0.1, -0.05) is 30.3 Å². The highest BCUT2D eigenvalue weighted by Gasteiger charge is 2.07. The number of nitrogens with one attached hydrogen (secondary N) is 1. The molecule has 0 atom stereocenters. The maximum absolute atomic E-state index is 13.0. The number of benzene rings is 2. The van der Waals surface area contributed by atoms with Gasteiger partial charge < -0.3 is 10.4 Å². The van der Waals surface area contributed by atoms with Crippen molar-refractivity contribution in [1.29, 1.82) is 0 Å². The van der Waals surface area contributed by atoms with E-state index in [1.165, 1.54) is 12.1 Å². The summed E-state index contributed by atoms with van der Waals surface area (Å²) < 4.78 is 13.0. The molecule has 104 valence electrons. The van der Waals surface area contributed by atoms with Gasteiger partial charge >= 0.3 is 5.97 Å². The van der Waals surface area contributed by atoms with E-state index >= 15 is 0 Å². The zero-order valence-electron chi connectivity index (χ0n) is 11.0. The Morgan fingerprint density at radius 1 is 1.15 bits per heavy atom. The first-order valence-corrected chi connectivity index (χ1v) is 6.43. The van der Waals surface area contributed by atoms with E-state index in [1.54, 1.807) is 24.3 Å². The summed E-state index contributed by atoms with van der Waals surface area (Å²) in [5, 5.41) is 12.2. The molecule has 0 aliphatic heterocycles. The third-order valence-electron chi connectivity index (χ3n) is 3.04. The number of carbonyl (C=O) groups is 1. The highest BCUT2D eigenvalue weighted by Crippen LogP contribution is 2.08. The van der Waals surface area contributed by atoms with E-state index in [2.05, 4.69) is 5.32 Å². The SMILES string of the molecule is O=C(O)c1ccccc1CNCCc1cccc(F)c1. The Hall–Kier alpha value is -2.20. The topological polar surface area (TPSA) is 49.3 Å². The van der Waals surface area contributed by atoms with Crippen LogP contribution in [-0.2, 0) is 13.0 Å². The second kappa shape index (κ2) is 6.82. The van der Waals surface area contributed by atoms with Crippen LogP contribution in [0.25, 0.3) is 0 Å². The molecule has 0 amide bonds. The Labute approximate surface area is 117 Å². The zero-order valence-corrected chi connectivity index (χ0v) is 11.0. The Bertz CT molecular complexity index is 599. The van der Waals surface area contributed by atoms with E-state index in [-0.39, 0.29) is 5.82 Å². The molecule has 4 heteroatoms. The lowest BCUT2D eigenvalue weighted by Crippen LogP contribution is -2.18. The third-order valence-corrected chi connectivity index (χ3v) is 3.04. The standard InChI is InChI=1S/C16H16FNO2/c17-14-6-3-4-12(10-14)8-9-18-11-13-5-1-2-7-15(13)16(19)20/h1-7,10,18H,8-9,11H2,(H,19,20). The van der Waals surface area contributed by atoms with Crippen LogP contribution in [0.5, 0.6) is 0 Å². The molecule has 0 saturated carbocycles. The molecule has 0 bridgehead atoms. The van der Waals surface area contributed by atoms with Gasteiger partial charge in [-0.15, -0.1) is 0 Å². The van der Waals surface area contributed by atoms with Gasteiger partial charge in [0.05, 0.1) is 5.56 Å². The van der Waals surface area contributed by atoms with Gasteiger partial charge in [-0.2, -0.15) is 0 Å². The van der Waals surface area contributed by atoms with Gasteiger partial charge in [0.2, 0.25) is 0 Å². The summed E-state index contributed by atoms with van der Waals surface area (Å²) in [6.07, 6.45) is 0.701. The molecule has 0 aliphatic carbocycles. The highest BCUT2D eigenvalue weighted by atomic mass is 19.1. The monoisotopic (exact) mass is 273 g/mol. The largest absolute Gasteiger partial charge is 0.478 e. The second-order valence-corrected chi connectivity index (χ2v) is 4.52. The third kappa shape index (κ3) is 3.90. The van der Waals surface area contributed by atoms with Gasteiger partial charge in [0.25, 0.3) is 0 Å². The number of rotatable bonds is 6. The number of carboxylic acids is 1. The van der Waals surface area contributed by atoms with Crippen LogP contribution in [0, 0.1) is 5.82 Å². The van der Waals surface area contributed by atoms with Crippen molar-refractivity contribution in [3.05, 3.63) is 71.0 Å². The quantitative estimate of drug-likeness (QED) is 0.796. The minimum absolute atomic E-state index is 0.237. The number of hydrogen-bond donors (Lipinski definition) is 2. The van der Waals surface area contributed by atoms with E-state index in [0.717, 1.165) is 11.1 Å². The predicted octanol–water partition coefficient (Wildman–Crippen LogP) is 2.86. The van der Waals surface area contributed by atoms with E-state index in [0.29, 0.717) is 25.1 Å². The fraction of sp³-hybridized carbons (Fsp3) is 0.188. The van der Waals surface area contributed by atoms with E-state index in [1.807, 2.05) is 12.1 Å². The van der Waals surface area contributed by atoms with Gasteiger partial charge in [0, 0.05) is 6.54 Å². The lowest BCUT2D eigenvalue weighted by molar-refractivity contribution is 0.0695. The van der Waals surface area contributed by atoms with Crippen molar-refractivity contribution in [1.82, 2.24) is 5.32 Å². The Kier molecular flexibility index (Phi) is 4.85. The molecule has 0 aromatic heterocycles. The minimum atomic E-state index is -0.924. The van der Waals surface area contributed by atoms with E-state index in [4.69, 9.17) is 5.11 Å². The molecule has 2 aromatic rings. The molecule has 0 heterocycles. The molecule has 0 saturated heterocycles. The van der Waals surface area contributed by atoms with Crippen molar-refractivity contribution < 1.29 is 14.3 Å². The fourth-order valence-corrected chi connectivity index (χ4v) is 2.03. The molecule has 0 spiro atoms. The molecule has 0 fully saturated rings. The molecule has 2 N–H and O–H groups in total. The van der Waals surface area contributed by atoms with Gasteiger partial charge in [-0.3, -0.25) is 0 Å². The predicted molar refractivity (Wildman–Crippen MR) is 75.2 cm³/mol. The van der Waals surface area contributed by atoms with Gasteiger partial charge in [0.15, 0.2) is 0 Å². The first-order valence-electron chi connectivity index (χ1n) is 6.43. The van der Waals surface area contributed by atoms with Crippen molar-refractivity contribution in [2.24, 2.45) is 0 Å². The van der Waals surface area contributed by atoms with Gasteiger partial charge in [-0.05, 0) is 42.3 Å². The first-order chi connectivity index (χ1) is 9.66. The number of hydrogen-bond acceptors (Lipinski definition) is 2. The fourth-order valence-electron chi connectivity index (χ4n) is 2.03. The van der Waals surface area contributed by atoms with Crippen molar-refractivity contribution >= 4 is 5.97 Å². The average molecular weight is 273 g/mol. The molecule has 2 rings (SSSR count). The van der Waals surface area contributed by atoms with Crippen LogP contribution in [0.2, 0.25) is 0 Å². The maximum atomic E-state index is 13.0. The van der Waals surface area contributed by atoms with Crippen LogP contribution in [-0.4, -0.2) is 17.6 Å². The lowest BCUT2D eigenvalue weighted by atomic mass is 10.1. The van der Waals surface area contributed by atoms with Gasteiger partial charge in [0.1, 0.15) is 5.82 Å². The van der Waals surface area contributed by atoms with Crippen LogP contribution in [0.1, 0.15) is 21.5 Å². The van der Waals surface area contributed by atoms with Gasteiger partial charge in [-0.25, -0.2) is 9.18 Å². The number of carboxylic acid groups (broad SMARTS) is 1. The van der Waals surface area contributed by atoms with Crippen LogP contribution < -0.4 is 5.32 Å². The average Bonchev–Trinajstić information content (AvgIpc) is 2.44. The minimum Gasteiger partial charge on any atom is -0.478 e. The smallest absolute Gasteiger partial charge is 0.336 e.